The normalized spacial score (nSPS) is 24.9. The Kier molecular flexibility index (Phi) is 7.12. The van der Waals surface area contributed by atoms with E-state index >= 15 is 0 Å². The van der Waals surface area contributed by atoms with Crippen molar-refractivity contribution in [1.82, 2.24) is 10.2 Å². The predicted molar refractivity (Wildman–Crippen MR) is 133 cm³/mol. The minimum absolute atomic E-state index is 0.0467. The van der Waals surface area contributed by atoms with E-state index in [4.69, 9.17) is 10.5 Å². The zero-order valence-corrected chi connectivity index (χ0v) is 20.0. The van der Waals surface area contributed by atoms with Crippen molar-refractivity contribution in [2.45, 2.75) is 65.0 Å². The second kappa shape index (κ2) is 10.2. The molecule has 4 aliphatic rings. The van der Waals surface area contributed by atoms with Crippen LogP contribution < -0.4 is 11.1 Å². The van der Waals surface area contributed by atoms with E-state index < -0.39 is 6.23 Å². The number of carbonyl (C=O) groups excluding carboxylic acids is 2. The minimum Gasteiger partial charge on any atom is -0.369 e. The van der Waals surface area contributed by atoms with Crippen LogP contribution in [-0.2, 0) is 16.1 Å². The molecule has 0 aromatic heterocycles. The van der Waals surface area contributed by atoms with Crippen molar-refractivity contribution in [3.63, 3.8) is 0 Å². The largest absolute Gasteiger partial charge is 0.369 e. The summed E-state index contributed by atoms with van der Waals surface area (Å²) in [6.07, 6.45) is 5.53. The first-order chi connectivity index (χ1) is 16.5. The molecule has 2 aromatic carbocycles. The predicted octanol–water partition coefficient (Wildman–Crippen LogP) is 4.46. The van der Waals surface area contributed by atoms with Crippen LogP contribution in [0.2, 0.25) is 0 Å². The van der Waals surface area contributed by atoms with Gasteiger partial charge in [0.1, 0.15) is 0 Å². The highest BCUT2D eigenvalue weighted by Crippen LogP contribution is 2.31. The molecular weight excluding hydrogens is 428 g/mol. The van der Waals surface area contributed by atoms with Crippen LogP contribution >= 0.6 is 0 Å². The Labute approximate surface area is 200 Å². The van der Waals surface area contributed by atoms with E-state index in [2.05, 4.69) is 28.5 Å². The molecule has 178 valence electrons. The van der Waals surface area contributed by atoms with Gasteiger partial charge in [-0.05, 0) is 54.7 Å². The van der Waals surface area contributed by atoms with Gasteiger partial charge in [0.25, 0.3) is 5.91 Å². The standard InChI is InChI=1S/C25H26N4O3.C2H6/c1-15-17-6-4-7-18(12-17)23(31)28-24-21-11-16(9-10-19(21)14-32-24)5-2-3-8-20-13-22(30)29(15)25(26)27-20;1-2/h2,4-7,9-12,15,20,24H,3,8,13-14H2,1H3,(H2,26,27)(H,28,31);1-2H3/b5-2-;/t15-,20?,24?;/m1./s1. The van der Waals surface area contributed by atoms with Crippen molar-refractivity contribution in [1.29, 1.82) is 0 Å². The monoisotopic (exact) mass is 460 g/mol. The first-order valence-electron chi connectivity index (χ1n) is 12.0. The fourth-order valence-electron chi connectivity index (χ4n) is 4.58. The number of ether oxygens (including phenoxy) is 1. The summed E-state index contributed by atoms with van der Waals surface area (Å²) in [5.41, 5.74) is 10.6. The van der Waals surface area contributed by atoms with E-state index in [1.165, 1.54) is 4.90 Å². The lowest BCUT2D eigenvalue weighted by Crippen LogP contribution is -2.48. The van der Waals surface area contributed by atoms with Crippen LogP contribution in [0.3, 0.4) is 0 Å². The van der Waals surface area contributed by atoms with Gasteiger partial charge in [-0.2, -0.15) is 0 Å². The maximum Gasteiger partial charge on any atom is 0.253 e. The van der Waals surface area contributed by atoms with Gasteiger partial charge in [-0.1, -0.05) is 50.3 Å². The number of hydrogen-bond acceptors (Lipinski definition) is 5. The average Bonchev–Trinajstić information content (AvgIpc) is 3.24. The lowest BCUT2D eigenvalue weighted by atomic mass is 10.00. The molecule has 34 heavy (non-hydrogen) atoms. The molecule has 0 fully saturated rings. The molecule has 2 unspecified atom stereocenters. The Morgan fingerprint density at radius 3 is 2.76 bits per heavy atom. The molecule has 3 N–H and O–H groups in total. The number of hydrogen-bond donors (Lipinski definition) is 2. The van der Waals surface area contributed by atoms with Gasteiger partial charge in [-0.25, -0.2) is 4.99 Å². The SMILES string of the molecule is CC.C[C@@H]1c2cccc(c2)C(=O)NC2OCc3ccc(cc32)/C=C\CCC2CC(=O)N1C(N)=N2. The summed E-state index contributed by atoms with van der Waals surface area (Å²) in [5, 5.41) is 2.99. The molecule has 0 saturated carbocycles. The number of rotatable bonds is 0. The topological polar surface area (TPSA) is 97.0 Å². The van der Waals surface area contributed by atoms with Gasteiger partial charge >= 0.3 is 0 Å². The highest BCUT2D eigenvalue weighted by Gasteiger charge is 2.32. The van der Waals surface area contributed by atoms with Crippen LogP contribution in [0, 0.1) is 0 Å². The first-order valence-corrected chi connectivity index (χ1v) is 12.0. The zero-order valence-electron chi connectivity index (χ0n) is 20.0. The van der Waals surface area contributed by atoms with Crippen molar-refractivity contribution >= 4 is 23.8 Å². The average molecular weight is 461 g/mol. The van der Waals surface area contributed by atoms with E-state index in [1.54, 1.807) is 12.1 Å². The van der Waals surface area contributed by atoms with E-state index in [1.807, 2.05) is 45.0 Å². The lowest BCUT2D eigenvalue weighted by molar-refractivity contribution is -0.130. The number of aliphatic imine (C=N–C) groups is 1. The number of allylic oxidation sites excluding steroid dienone is 1. The van der Waals surface area contributed by atoms with E-state index in [0.29, 0.717) is 18.6 Å². The highest BCUT2D eigenvalue weighted by atomic mass is 16.5. The summed E-state index contributed by atoms with van der Waals surface area (Å²) >= 11 is 0. The van der Waals surface area contributed by atoms with Gasteiger partial charge in [-0.15, -0.1) is 0 Å². The lowest BCUT2D eigenvalue weighted by Gasteiger charge is -2.33. The molecule has 2 amide bonds. The summed E-state index contributed by atoms with van der Waals surface area (Å²) in [7, 11) is 0. The van der Waals surface area contributed by atoms with Gasteiger partial charge in [-0.3, -0.25) is 14.5 Å². The number of nitrogens with one attached hydrogen (secondary N) is 1. The summed E-state index contributed by atoms with van der Waals surface area (Å²) in [6.45, 7) is 6.37. The Morgan fingerprint density at radius 1 is 1.15 bits per heavy atom. The van der Waals surface area contributed by atoms with Crippen molar-refractivity contribution in [3.8, 4) is 0 Å². The Balaban J connectivity index is 0.00000133. The molecule has 4 aliphatic heterocycles. The third-order valence-electron chi connectivity index (χ3n) is 6.36. The molecule has 7 heteroatoms. The van der Waals surface area contributed by atoms with Crippen molar-refractivity contribution < 1.29 is 14.3 Å². The Morgan fingerprint density at radius 2 is 1.97 bits per heavy atom. The Bertz CT molecular complexity index is 1140. The van der Waals surface area contributed by atoms with Crippen molar-refractivity contribution in [3.05, 3.63) is 76.4 Å². The number of fused-ring (bicyclic) bond motifs is 4. The molecular formula is C27H32N4O3. The molecule has 6 rings (SSSR count). The van der Waals surface area contributed by atoms with Gasteiger partial charge in [0.2, 0.25) is 5.91 Å². The number of amides is 2. The third-order valence-corrected chi connectivity index (χ3v) is 6.36. The number of carbonyl (C=O) groups is 2. The molecule has 7 nitrogen and oxygen atoms in total. The molecule has 6 bridgehead atoms. The minimum atomic E-state index is -0.491. The van der Waals surface area contributed by atoms with Gasteiger partial charge in [0, 0.05) is 17.5 Å². The first kappa shape index (κ1) is 23.7. The second-order valence-electron chi connectivity index (χ2n) is 8.51. The molecule has 0 aliphatic carbocycles. The van der Waals surface area contributed by atoms with Crippen LogP contribution in [0.25, 0.3) is 6.08 Å². The summed E-state index contributed by atoms with van der Waals surface area (Å²) in [5.74, 6) is -0.0431. The maximum atomic E-state index is 13.0. The fourth-order valence-corrected chi connectivity index (χ4v) is 4.58. The van der Waals surface area contributed by atoms with Crippen LogP contribution in [0.4, 0.5) is 0 Å². The van der Waals surface area contributed by atoms with Crippen LogP contribution in [0.5, 0.6) is 0 Å². The van der Waals surface area contributed by atoms with Crippen LogP contribution in [-0.4, -0.2) is 28.7 Å². The summed E-state index contributed by atoms with van der Waals surface area (Å²) in [6, 6.07) is 13.0. The van der Waals surface area contributed by atoms with Crippen molar-refractivity contribution in [2.75, 3.05) is 0 Å². The van der Waals surface area contributed by atoms with Gasteiger partial charge in [0.15, 0.2) is 12.2 Å². The van der Waals surface area contributed by atoms with E-state index in [9.17, 15) is 9.59 Å². The number of nitrogens with two attached hydrogens (primary N) is 1. The smallest absolute Gasteiger partial charge is 0.253 e. The molecule has 0 saturated heterocycles. The Hall–Kier alpha value is -3.45. The van der Waals surface area contributed by atoms with Crippen LogP contribution in [0.15, 0.2) is 53.5 Å². The van der Waals surface area contributed by atoms with Gasteiger partial charge < -0.3 is 15.8 Å². The zero-order chi connectivity index (χ0) is 24.2. The summed E-state index contributed by atoms with van der Waals surface area (Å²) in [4.78, 5) is 32.0. The summed E-state index contributed by atoms with van der Waals surface area (Å²) < 4.78 is 5.85. The molecule has 3 atom stereocenters. The quantitative estimate of drug-likeness (QED) is 0.607. The van der Waals surface area contributed by atoms with E-state index in [0.717, 1.165) is 35.1 Å². The van der Waals surface area contributed by atoms with Crippen molar-refractivity contribution in [2.24, 2.45) is 10.7 Å². The fraction of sp³-hybridized carbons (Fsp3) is 0.370. The molecule has 4 heterocycles. The number of benzene rings is 2. The van der Waals surface area contributed by atoms with Crippen LogP contribution in [0.1, 0.15) is 84.9 Å². The number of nitrogens with zero attached hydrogens (tertiary/aromatic N) is 2. The molecule has 2 aromatic rings. The van der Waals surface area contributed by atoms with Gasteiger partial charge in [0.05, 0.1) is 18.7 Å². The van der Waals surface area contributed by atoms with E-state index in [-0.39, 0.29) is 29.9 Å². The second-order valence-corrected chi connectivity index (χ2v) is 8.51. The number of guanidine groups is 1. The highest BCUT2D eigenvalue weighted by molar-refractivity contribution is 5.99. The third kappa shape index (κ3) is 4.75. The maximum absolute atomic E-state index is 13.0. The molecule has 0 radical (unpaired) electrons. The molecule has 0 spiro atoms.